The Hall–Kier alpha value is -1.34. The Balaban J connectivity index is 1.16. The number of benzene rings is 1. The van der Waals surface area contributed by atoms with Crippen LogP contribution in [0.1, 0.15) is 45.6 Å². The van der Waals surface area contributed by atoms with Crippen molar-refractivity contribution >= 4 is 0 Å². The third-order valence-corrected chi connectivity index (χ3v) is 6.65. The summed E-state index contributed by atoms with van der Waals surface area (Å²) in [5, 5.41) is 10.5. The summed E-state index contributed by atoms with van der Waals surface area (Å²) < 4.78 is 17.0. The van der Waals surface area contributed by atoms with Crippen molar-refractivity contribution in [1.82, 2.24) is 9.80 Å². The molecule has 0 bridgehead atoms. The van der Waals surface area contributed by atoms with Gasteiger partial charge < -0.3 is 19.3 Å². The van der Waals surface area contributed by atoms with Crippen molar-refractivity contribution in [2.45, 2.75) is 58.8 Å². The zero-order chi connectivity index (χ0) is 21.1. The van der Waals surface area contributed by atoms with E-state index in [1.165, 1.54) is 12.0 Å². The summed E-state index contributed by atoms with van der Waals surface area (Å²) in [6, 6.07) is 6.20. The second-order valence-electron chi connectivity index (χ2n) is 10.3. The van der Waals surface area contributed by atoms with Gasteiger partial charge in [0.15, 0.2) is 11.5 Å². The van der Waals surface area contributed by atoms with Crippen LogP contribution >= 0.6 is 0 Å². The van der Waals surface area contributed by atoms with Gasteiger partial charge in [-0.05, 0) is 48.3 Å². The second kappa shape index (κ2) is 9.43. The summed E-state index contributed by atoms with van der Waals surface area (Å²) >= 11 is 0. The van der Waals surface area contributed by atoms with Gasteiger partial charge in [-0.1, -0.05) is 26.8 Å². The van der Waals surface area contributed by atoms with Crippen LogP contribution < -0.4 is 9.47 Å². The first-order chi connectivity index (χ1) is 14.4. The average Bonchev–Trinajstić information content (AvgIpc) is 3.14. The summed E-state index contributed by atoms with van der Waals surface area (Å²) in [6.45, 7) is 13.4. The fourth-order valence-electron chi connectivity index (χ4n) is 5.41. The molecule has 0 amide bonds. The first-order valence-corrected chi connectivity index (χ1v) is 11.5. The summed E-state index contributed by atoms with van der Waals surface area (Å²) in [5.41, 5.74) is 1.60. The zero-order valence-corrected chi connectivity index (χ0v) is 18.8. The lowest BCUT2D eigenvalue weighted by atomic mass is 9.71. The number of aliphatic hydroxyl groups is 1. The van der Waals surface area contributed by atoms with Crippen molar-refractivity contribution in [2.24, 2.45) is 11.3 Å². The summed E-state index contributed by atoms with van der Waals surface area (Å²) in [4.78, 5) is 4.82. The molecule has 4 rings (SSSR count). The maximum absolute atomic E-state index is 10.5. The Morgan fingerprint density at radius 3 is 2.60 bits per heavy atom. The van der Waals surface area contributed by atoms with E-state index in [0.29, 0.717) is 31.3 Å². The number of rotatable bonds is 7. The third kappa shape index (κ3) is 5.88. The molecule has 3 aliphatic rings. The lowest BCUT2D eigenvalue weighted by Crippen LogP contribution is -2.48. The molecule has 1 aliphatic carbocycles. The third-order valence-electron chi connectivity index (χ3n) is 6.65. The SMILES string of the molecule is C[C@@H]1C[C@@H](OC[C@@H](O)CN2CCN(Cc3ccc4c(c3)OCO4)CC2)CC(C)(C)C1. The number of ether oxygens (including phenoxy) is 3. The smallest absolute Gasteiger partial charge is 0.231 e. The van der Waals surface area contributed by atoms with E-state index in [1.54, 1.807) is 0 Å². The minimum atomic E-state index is -0.411. The van der Waals surface area contributed by atoms with Gasteiger partial charge in [-0.2, -0.15) is 0 Å². The highest BCUT2D eigenvalue weighted by Crippen LogP contribution is 2.39. The average molecular weight is 419 g/mol. The molecule has 1 N–H and O–H groups in total. The number of hydrogen-bond donors (Lipinski definition) is 1. The quantitative estimate of drug-likeness (QED) is 0.734. The fourth-order valence-corrected chi connectivity index (χ4v) is 5.41. The molecule has 3 atom stereocenters. The first kappa shape index (κ1) is 21.9. The minimum absolute atomic E-state index is 0.289. The van der Waals surface area contributed by atoms with Crippen LogP contribution in [0.5, 0.6) is 11.5 Å². The van der Waals surface area contributed by atoms with Gasteiger partial charge in [0.25, 0.3) is 0 Å². The van der Waals surface area contributed by atoms with Crippen molar-refractivity contribution in [3.63, 3.8) is 0 Å². The van der Waals surface area contributed by atoms with Gasteiger partial charge in [0.1, 0.15) is 0 Å². The van der Waals surface area contributed by atoms with Crippen LogP contribution in [-0.4, -0.2) is 73.2 Å². The highest BCUT2D eigenvalue weighted by molar-refractivity contribution is 5.44. The highest BCUT2D eigenvalue weighted by atomic mass is 16.7. The Morgan fingerprint density at radius 2 is 1.83 bits per heavy atom. The maximum atomic E-state index is 10.5. The van der Waals surface area contributed by atoms with E-state index in [1.807, 2.05) is 6.07 Å². The molecule has 0 unspecified atom stereocenters. The minimum Gasteiger partial charge on any atom is -0.454 e. The van der Waals surface area contributed by atoms with E-state index in [4.69, 9.17) is 14.2 Å². The highest BCUT2D eigenvalue weighted by Gasteiger charge is 2.33. The van der Waals surface area contributed by atoms with Gasteiger partial charge in [0.2, 0.25) is 6.79 Å². The summed E-state index contributed by atoms with van der Waals surface area (Å²) in [5.74, 6) is 2.39. The van der Waals surface area contributed by atoms with Gasteiger partial charge in [-0.15, -0.1) is 0 Å². The van der Waals surface area contributed by atoms with Crippen LogP contribution in [-0.2, 0) is 11.3 Å². The normalized spacial score (nSPS) is 27.9. The molecule has 1 aromatic rings. The van der Waals surface area contributed by atoms with Crippen molar-refractivity contribution in [2.75, 3.05) is 46.1 Å². The first-order valence-electron chi connectivity index (χ1n) is 11.5. The van der Waals surface area contributed by atoms with E-state index in [-0.39, 0.29) is 6.10 Å². The van der Waals surface area contributed by atoms with Crippen LogP contribution in [0.2, 0.25) is 0 Å². The van der Waals surface area contributed by atoms with Crippen LogP contribution in [0.4, 0.5) is 0 Å². The zero-order valence-electron chi connectivity index (χ0n) is 18.8. The molecule has 0 aromatic heterocycles. The Labute approximate surface area is 181 Å². The molecule has 6 heteroatoms. The fraction of sp³-hybridized carbons (Fsp3) is 0.750. The molecule has 1 aromatic carbocycles. The van der Waals surface area contributed by atoms with E-state index >= 15 is 0 Å². The van der Waals surface area contributed by atoms with Gasteiger partial charge in [-0.25, -0.2) is 0 Å². The van der Waals surface area contributed by atoms with E-state index in [2.05, 4.69) is 42.7 Å². The molecule has 2 fully saturated rings. The molecule has 2 heterocycles. The Bertz CT molecular complexity index is 702. The topological polar surface area (TPSA) is 54.4 Å². The van der Waals surface area contributed by atoms with Crippen molar-refractivity contribution < 1.29 is 19.3 Å². The maximum Gasteiger partial charge on any atom is 0.231 e. The molecular weight excluding hydrogens is 380 g/mol. The predicted molar refractivity (Wildman–Crippen MR) is 117 cm³/mol. The van der Waals surface area contributed by atoms with Gasteiger partial charge in [0.05, 0.1) is 18.8 Å². The van der Waals surface area contributed by atoms with E-state index < -0.39 is 6.10 Å². The van der Waals surface area contributed by atoms with Crippen LogP contribution in [0, 0.1) is 11.3 Å². The number of hydrogen-bond acceptors (Lipinski definition) is 6. The molecule has 168 valence electrons. The molecule has 6 nitrogen and oxygen atoms in total. The van der Waals surface area contributed by atoms with Gasteiger partial charge in [0, 0.05) is 39.3 Å². The lowest BCUT2D eigenvalue weighted by molar-refractivity contribution is -0.0634. The van der Waals surface area contributed by atoms with Crippen LogP contribution in [0.3, 0.4) is 0 Å². The van der Waals surface area contributed by atoms with Crippen molar-refractivity contribution in [3.8, 4) is 11.5 Å². The number of fused-ring (bicyclic) bond motifs is 1. The van der Waals surface area contributed by atoms with E-state index in [9.17, 15) is 5.11 Å². The molecule has 2 aliphatic heterocycles. The molecule has 0 radical (unpaired) electrons. The monoisotopic (exact) mass is 418 g/mol. The predicted octanol–water partition coefficient (Wildman–Crippen LogP) is 3.13. The van der Waals surface area contributed by atoms with Crippen molar-refractivity contribution in [3.05, 3.63) is 23.8 Å². The molecule has 1 saturated heterocycles. The Kier molecular flexibility index (Phi) is 6.88. The molecule has 0 spiro atoms. The largest absolute Gasteiger partial charge is 0.454 e. The second-order valence-corrected chi connectivity index (χ2v) is 10.3. The van der Waals surface area contributed by atoms with Gasteiger partial charge in [-0.3, -0.25) is 9.80 Å². The van der Waals surface area contributed by atoms with E-state index in [0.717, 1.165) is 57.1 Å². The number of β-amino-alcohol motifs (C(OH)–C–C–N with tert-alkyl or cyclic N) is 1. The number of nitrogens with zero attached hydrogens (tertiary/aromatic N) is 2. The number of piperazine rings is 1. The molecule has 30 heavy (non-hydrogen) atoms. The lowest BCUT2D eigenvalue weighted by Gasteiger charge is -2.39. The van der Waals surface area contributed by atoms with Crippen LogP contribution in [0.25, 0.3) is 0 Å². The van der Waals surface area contributed by atoms with Crippen molar-refractivity contribution in [1.29, 1.82) is 0 Å². The molecule has 1 saturated carbocycles. The standard InChI is InChI=1S/C24H38N2O4/c1-18-10-21(13-24(2,3)12-18)28-16-20(27)15-26-8-6-25(7-9-26)14-19-4-5-22-23(11-19)30-17-29-22/h4-5,11,18,20-21,27H,6-10,12-17H2,1-3H3/t18-,20+,21-/m1/s1. The summed E-state index contributed by atoms with van der Waals surface area (Å²) in [6.07, 6.45) is 3.37. The summed E-state index contributed by atoms with van der Waals surface area (Å²) in [7, 11) is 0. The van der Waals surface area contributed by atoms with Crippen LogP contribution in [0.15, 0.2) is 18.2 Å². The molecular formula is C24H38N2O4. The van der Waals surface area contributed by atoms with Gasteiger partial charge >= 0.3 is 0 Å². The Morgan fingerprint density at radius 1 is 1.10 bits per heavy atom. The number of aliphatic hydroxyl groups excluding tert-OH is 1.